The summed E-state index contributed by atoms with van der Waals surface area (Å²) in [6.07, 6.45) is 0. The van der Waals surface area contributed by atoms with Crippen molar-refractivity contribution in [3.63, 3.8) is 0 Å². The van der Waals surface area contributed by atoms with Crippen LogP contribution in [0.5, 0.6) is 0 Å². The molecule has 0 N–H and O–H groups in total. The fourth-order valence-electron chi connectivity index (χ4n) is 2.42. The van der Waals surface area contributed by atoms with E-state index in [-0.39, 0.29) is 6.04 Å². The molecule has 0 aliphatic heterocycles. The Bertz CT molecular complexity index is 638. The second-order valence-corrected chi connectivity index (χ2v) is 5.54. The van der Waals surface area contributed by atoms with Gasteiger partial charge in [-0.25, -0.2) is 4.98 Å². The summed E-state index contributed by atoms with van der Waals surface area (Å²) < 4.78 is 2.85. The van der Waals surface area contributed by atoms with Gasteiger partial charge in [0.15, 0.2) is 0 Å². The van der Waals surface area contributed by atoms with Gasteiger partial charge in [0.2, 0.25) is 0 Å². The third kappa shape index (κ3) is 3.02. The van der Waals surface area contributed by atoms with Crippen molar-refractivity contribution < 1.29 is 0 Å². The lowest BCUT2D eigenvalue weighted by Crippen LogP contribution is -2.28. The van der Waals surface area contributed by atoms with Gasteiger partial charge in [0, 0.05) is 12.6 Å². The third-order valence-electron chi connectivity index (χ3n) is 3.64. The average Bonchev–Trinajstić information content (AvgIpc) is 2.82. The summed E-state index contributed by atoms with van der Waals surface area (Å²) in [4.78, 5) is 6.82. The first-order valence-electron chi connectivity index (χ1n) is 7.05. The van der Waals surface area contributed by atoms with Crippen molar-refractivity contribution in [2.24, 2.45) is 7.05 Å². The van der Waals surface area contributed by atoms with E-state index in [9.17, 15) is 5.26 Å². The number of halogens is 1. The molecule has 1 aromatic heterocycles. The van der Waals surface area contributed by atoms with Gasteiger partial charge in [0.1, 0.15) is 22.2 Å². The van der Waals surface area contributed by atoms with Gasteiger partial charge < -0.3 is 4.57 Å². The summed E-state index contributed by atoms with van der Waals surface area (Å²) in [5.41, 5.74) is 1.82. The van der Waals surface area contributed by atoms with Crippen LogP contribution in [0.25, 0.3) is 11.4 Å². The molecule has 2 rings (SSSR count). The largest absolute Gasteiger partial charge is 0.322 e. The van der Waals surface area contributed by atoms with Crippen LogP contribution in [0.1, 0.15) is 25.6 Å². The summed E-state index contributed by atoms with van der Waals surface area (Å²) in [6.45, 7) is 5.75. The number of nitrogens with zero attached hydrogens (tertiary/aromatic N) is 4. The SMILES string of the molecule is CCN(CC)C(C#N)c1nc(-c2ccccc2)n(C)c1Br. The van der Waals surface area contributed by atoms with E-state index < -0.39 is 0 Å². The monoisotopic (exact) mass is 346 g/mol. The minimum atomic E-state index is -0.335. The van der Waals surface area contributed by atoms with E-state index in [1.807, 2.05) is 41.9 Å². The first kappa shape index (κ1) is 15.7. The molecule has 0 bridgehead atoms. The Hall–Kier alpha value is -1.64. The zero-order valence-electron chi connectivity index (χ0n) is 12.5. The number of hydrogen-bond acceptors (Lipinski definition) is 3. The molecule has 1 unspecified atom stereocenters. The molecule has 1 aromatic carbocycles. The lowest BCUT2D eigenvalue weighted by atomic mass is 10.2. The van der Waals surface area contributed by atoms with E-state index in [0.717, 1.165) is 34.8 Å². The van der Waals surface area contributed by atoms with E-state index in [2.05, 4.69) is 40.7 Å². The normalized spacial score (nSPS) is 12.4. The summed E-state index contributed by atoms with van der Waals surface area (Å²) >= 11 is 3.59. The van der Waals surface area contributed by atoms with E-state index in [1.165, 1.54) is 0 Å². The predicted octanol–water partition coefficient (Wildman–Crippen LogP) is 3.76. The van der Waals surface area contributed by atoms with Gasteiger partial charge in [-0.05, 0) is 29.0 Å². The Labute approximate surface area is 134 Å². The molecule has 1 heterocycles. The standard InChI is InChI=1S/C16H19BrN4/c1-4-21(5-2)13(11-18)14-15(17)20(3)16(19-14)12-9-7-6-8-10-12/h6-10,13H,4-5H2,1-3H3. The topological polar surface area (TPSA) is 44.9 Å². The maximum Gasteiger partial charge on any atom is 0.143 e. The van der Waals surface area contributed by atoms with Crippen LogP contribution >= 0.6 is 15.9 Å². The molecule has 21 heavy (non-hydrogen) atoms. The smallest absolute Gasteiger partial charge is 0.143 e. The molecule has 1 atom stereocenters. The number of imidazole rings is 1. The zero-order valence-corrected chi connectivity index (χ0v) is 14.1. The van der Waals surface area contributed by atoms with Crippen molar-refractivity contribution in [1.29, 1.82) is 5.26 Å². The molecule has 0 radical (unpaired) electrons. The van der Waals surface area contributed by atoms with Gasteiger partial charge in [-0.2, -0.15) is 5.26 Å². The Morgan fingerprint density at radius 2 is 1.90 bits per heavy atom. The predicted molar refractivity (Wildman–Crippen MR) is 87.6 cm³/mol. The third-order valence-corrected chi connectivity index (χ3v) is 4.58. The Balaban J connectivity index is 2.50. The first-order chi connectivity index (χ1) is 10.1. The molecule has 2 aromatic rings. The minimum absolute atomic E-state index is 0.335. The molecule has 4 nitrogen and oxygen atoms in total. The average molecular weight is 347 g/mol. The van der Waals surface area contributed by atoms with E-state index >= 15 is 0 Å². The highest BCUT2D eigenvalue weighted by atomic mass is 79.9. The molecule has 0 fully saturated rings. The van der Waals surface area contributed by atoms with Crippen LogP contribution in [-0.2, 0) is 7.05 Å². The molecule has 0 amide bonds. The second-order valence-electron chi connectivity index (χ2n) is 4.79. The van der Waals surface area contributed by atoms with Crippen LogP contribution in [0.15, 0.2) is 34.9 Å². The van der Waals surface area contributed by atoms with Crippen molar-refractivity contribution in [3.8, 4) is 17.5 Å². The lowest BCUT2D eigenvalue weighted by molar-refractivity contribution is 0.258. The molecule has 0 aliphatic carbocycles. The van der Waals surface area contributed by atoms with Gasteiger partial charge >= 0.3 is 0 Å². The fourth-order valence-corrected chi connectivity index (χ4v) is 2.90. The Morgan fingerprint density at radius 1 is 1.29 bits per heavy atom. The van der Waals surface area contributed by atoms with Crippen LogP contribution in [0, 0.1) is 11.3 Å². The second kappa shape index (κ2) is 6.88. The van der Waals surface area contributed by atoms with Crippen molar-refractivity contribution in [3.05, 3.63) is 40.6 Å². The number of aromatic nitrogens is 2. The van der Waals surface area contributed by atoms with Gasteiger partial charge in [-0.3, -0.25) is 4.90 Å². The van der Waals surface area contributed by atoms with Crippen molar-refractivity contribution in [1.82, 2.24) is 14.5 Å². The van der Waals surface area contributed by atoms with Gasteiger partial charge in [0.05, 0.1) is 6.07 Å². The van der Waals surface area contributed by atoms with Crippen LogP contribution in [0.4, 0.5) is 0 Å². The van der Waals surface area contributed by atoms with Crippen molar-refractivity contribution >= 4 is 15.9 Å². The number of benzene rings is 1. The van der Waals surface area contributed by atoms with Crippen LogP contribution in [-0.4, -0.2) is 27.5 Å². The van der Waals surface area contributed by atoms with Gasteiger partial charge in [-0.15, -0.1) is 0 Å². The quantitative estimate of drug-likeness (QED) is 0.827. The van der Waals surface area contributed by atoms with Crippen LogP contribution in [0.2, 0.25) is 0 Å². The first-order valence-corrected chi connectivity index (χ1v) is 7.84. The van der Waals surface area contributed by atoms with E-state index in [1.54, 1.807) is 0 Å². The zero-order chi connectivity index (χ0) is 15.4. The Morgan fingerprint density at radius 3 is 2.43 bits per heavy atom. The minimum Gasteiger partial charge on any atom is -0.322 e. The molecule has 0 saturated heterocycles. The van der Waals surface area contributed by atoms with Crippen LogP contribution < -0.4 is 0 Å². The van der Waals surface area contributed by atoms with Gasteiger partial charge in [0.25, 0.3) is 0 Å². The van der Waals surface area contributed by atoms with Crippen molar-refractivity contribution in [2.75, 3.05) is 13.1 Å². The molecule has 110 valence electrons. The summed E-state index contributed by atoms with van der Waals surface area (Å²) in [5.74, 6) is 0.866. The van der Waals surface area contributed by atoms with Gasteiger partial charge in [-0.1, -0.05) is 44.2 Å². The summed E-state index contributed by atoms with van der Waals surface area (Å²) in [5, 5.41) is 9.55. The van der Waals surface area contributed by atoms with Crippen molar-refractivity contribution in [2.45, 2.75) is 19.9 Å². The highest BCUT2D eigenvalue weighted by Gasteiger charge is 2.25. The van der Waals surface area contributed by atoms with E-state index in [4.69, 9.17) is 4.98 Å². The van der Waals surface area contributed by atoms with E-state index in [0.29, 0.717) is 0 Å². The maximum atomic E-state index is 9.55. The Kier molecular flexibility index (Phi) is 5.16. The highest BCUT2D eigenvalue weighted by molar-refractivity contribution is 9.10. The number of nitriles is 1. The molecular weight excluding hydrogens is 328 g/mol. The fraction of sp³-hybridized carbons (Fsp3) is 0.375. The molecule has 0 spiro atoms. The lowest BCUT2D eigenvalue weighted by Gasteiger charge is -2.22. The molecule has 5 heteroatoms. The summed E-state index contributed by atoms with van der Waals surface area (Å²) in [7, 11) is 1.96. The molecule has 0 saturated carbocycles. The molecule has 0 aliphatic rings. The molecular formula is C16H19BrN4. The number of rotatable bonds is 5. The maximum absolute atomic E-state index is 9.55. The highest BCUT2D eigenvalue weighted by Crippen LogP contribution is 2.31. The van der Waals surface area contributed by atoms with Crippen LogP contribution in [0.3, 0.4) is 0 Å². The summed E-state index contributed by atoms with van der Waals surface area (Å²) in [6, 6.07) is 12.1. The number of hydrogen-bond donors (Lipinski definition) is 0.